The van der Waals surface area contributed by atoms with Crippen molar-refractivity contribution >= 4 is 22.1 Å². The van der Waals surface area contributed by atoms with E-state index in [1.165, 1.54) is 16.3 Å². The Labute approximate surface area is 128 Å². The highest BCUT2D eigenvalue weighted by Gasteiger charge is 2.16. The maximum Gasteiger partial charge on any atom is 0.114 e. The van der Waals surface area contributed by atoms with Gasteiger partial charge >= 0.3 is 0 Å². The molecule has 0 fully saturated rings. The van der Waals surface area contributed by atoms with Gasteiger partial charge in [0, 0.05) is 25.2 Å². The van der Waals surface area contributed by atoms with Crippen LogP contribution < -0.4 is 5.32 Å². The second-order valence-electron chi connectivity index (χ2n) is 4.86. The lowest BCUT2D eigenvalue weighted by Crippen LogP contribution is -2.25. The fourth-order valence-corrected chi connectivity index (χ4v) is 3.16. The molecule has 21 heavy (non-hydrogen) atoms. The van der Waals surface area contributed by atoms with Gasteiger partial charge in [0.25, 0.3) is 0 Å². The smallest absolute Gasteiger partial charge is 0.114 e. The van der Waals surface area contributed by atoms with E-state index in [9.17, 15) is 0 Å². The molecule has 0 aliphatic heterocycles. The molecule has 0 aliphatic rings. The number of nitrogens with zero attached hydrogens (tertiary/aromatic N) is 1. The van der Waals surface area contributed by atoms with Crippen molar-refractivity contribution in [1.82, 2.24) is 10.3 Å². The summed E-state index contributed by atoms with van der Waals surface area (Å²) in [4.78, 5) is 4.47. The Morgan fingerprint density at radius 1 is 1.19 bits per heavy atom. The van der Waals surface area contributed by atoms with Crippen LogP contribution in [0.15, 0.2) is 54.0 Å². The monoisotopic (exact) mass is 298 g/mol. The van der Waals surface area contributed by atoms with Gasteiger partial charge in [-0.15, -0.1) is 11.3 Å². The third-order valence-electron chi connectivity index (χ3n) is 3.46. The number of hydrogen-bond donors (Lipinski definition) is 1. The predicted molar refractivity (Wildman–Crippen MR) is 87.8 cm³/mol. The molecule has 1 unspecified atom stereocenters. The van der Waals surface area contributed by atoms with Crippen molar-refractivity contribution in [2.45, 2.75) is 6.04 Å². The van der Waals surface area contributed by atoms with E-state index < -0.39 is 0 Å². The number of rotatable bonds is 6. The summed E-state index contributed by atoms with van der Waals surface area (Å²) < 4.78 is 5.14. The van der Waals surface area contributed by atoms with Crippen molar-refractivity contribution in [3.05, 3.63) is 64.6 Å². The molecule has 3 nitrogen and oxygen atoms in total. The van der Waals surface area contributed by atoms with E-state index in [0.29, 0.717) is 6.61 Å². The van der Waals surface area contributed by atoms with Crippen molar-refractivity contribution in [2.24, 2.45) is 0 Å². The van der Waals surface area contributed by atoms with Crippen LogP contribution in [-0.4, -0.2) is 25.2 Å². The van der Waals surface area contributed by atoms with Gasteiger partial charge in [-0.2, -0.15) is 0 Å². The lowest BCUT2D eigenvalue weighted by molar-refractivity contribution is 0.197. The van der Waals surface area contributed by atoms with Crippen LogP contribution in [0.2, 0.25) is 0 Å². The Kier molecular flexibility index (Phi) is 4.60. The Hall–Kier alpha value is -1.75. The van der Waals surface area contributed by atoms with Gasteiger partial charge < -0.3 is 10.1 Å². The van der Waals surface area contributed by atoms with Gasteiger partial charge in [0.2, 0.25) is 0 Å². The Morgan fingerprint density at radius 2 is 2.05 bits per heavy atom. The van der Waals surface area contributed by atoms with E-state index in [-0.39, 0.29) is 6.04 Å². The van der Waals surface area contributed by atoms with Gasteiger partial charge in [0.15, 0.2) is 0 Å². The highest BCUT2D eigenvalue weighted by atomic mass is 32.1. The first-order valence-electron chi connectivity index (χ1n) is 6.99. The third kappa shape index (κ3) is 3.29. The lowest BCUT2D eigenvalue weighted by atomic mass is 10.0. The number of aromatic nitrogens is 1. The summed E-state index contributed by atoms with van der Waals surface area (Å²) in [7, 11) is 1.72. The summed E-state index contributed by atoms with van der Waals surface area (Å²) in [5.41, 5.74) is 1.24. The minimum absolute atomic E-state index is 0.116. The normalized spacial score (nSPS) is 12.6. The van der Waals surface area contributed by atoms with Gasteiger partial charge in [-0.3, -0.25) is 0 Å². The molecule has 0 saturated heterocycles. The number of ether oxygens (including phenoxy) is 1. The highest BCUT2D eigenvalue weighted by Crippen LogP contribution is 2.26. The Morgan fingerprint density at radius 3 is 2.81 bits per heavy atom. The second-order valence-corrected chi connectivity index (χ2v) is 5.78. The second kappa shape index (κ2) is 6.80. The first-order valence-corrected chi connectivity index (χ1v) is 7.87. The summed E-state index contributed by atoms with van der Waals surface area (Å²) in [5, 5.41) is 9.14. The average Bonchev–Trinajstić information content (AvgIpc) is 3.05. The quantitative estimate of drug-likeness (QED) is 0.706. The molecule has 0 bridgehead atoms. The van der Waals surface area contributed by atoms with Gasteiger partial charge in [0.1, 0.15) is 5.01 Å². The van der Waals surface area contributed by atoms with Crippen LogP contribution in [0.5, 0.6) is 0 Å². The van der Waals surface area contributed by atoms with Gasteiger partial charge in [-0.05, 0) is 22.4 Å². The molecule has 1 N–H and O–H groups in total. The van der Waals surface area contributed by atoms with Crippen molar-refractivity contribution < 1.29 is 4.74 Å². The van der Waals surface area contributed by atoms with Crippen molar-refractivity contribution in [2.75, 3.05) is 20.3 Å². The summed E-state index contributed by atoms with van der Waals surface area (Å²) in [6, 6.07) is 15.1. The molecule has 0 amide bonds. The summed E-state index contributed by atoms with van der Waals surface area (Å²) >= 11 is 1.67. The predicted octanol–water partition coefficient (Wildman–Crippen LogP) is 3.62. The largest absolute Gasteiger partial charge is 0.383 e. The van der Waals surface area contributed by atoms with Crippen molar-refractivity contribution in [3.63, 3.8) is 0 Å². The van der Waals surface area contributed by atoms with E-state index in [2.05, 4.69) is 52.8 Å². The molecule has 108 valence electrons. The molecule has 2 aromatic carbocycles. The standard InChI is InChI=1S/C17H18N2OS/c1-20-10-8-18-16(17-19-9-11-21-17)15-7-6-13-4-2-3-5-14(13)12-15/h2-7,9,11-12,16,18H,8,10H2,1H3. The number of fused-ring (bicyclic) bond motifs is 1. The fraction of sp³-hybridized carbons (Fsp3) is 0.235. The van der Waals surface area contributed by atoms with E-state index in [1.54, 1.807) is 18.4 Å². The molecule has 0 aliphatic carbocycles. The molecule has 4 heteroatoms. The van der Waals surface area contributed by atoms with E-state index in [1.807, 2.05) is 11.6 Å². The van der Waals surface area contributed by atoms with Crippen LogP contribution in [0.3, 0.4) is 0 Å². The molecule has 1 atom stereocenters. The number of methoxy groups -OCH3 is 1. The Bertz CT molecular complexity index is 697. The molecule has 0 spiro atoms. The minimum Gasteiger partial charge on any atom is -0.383 e. The molecular weight excluding hydrogens is 280 g/mol. The van der Waals surface area contributed by atoms with E-state index in [0.717, 1.165) is 11.6 Å². The van der Waals surface area contributed by atoms with Gasteiger partial charge in [-0.25, -0.2) is 4.98 Å². The zero-order valence-corrected chi connectivity index (χ0v) is 12.8. The molecule has 3 aromatic rings. The van der Waals surface area contributed by atoms with E-state index in [4.69, 9.17) is 4.74 Å². The third-order valence-corrected chi connectivity index (χ3v) is 4.30. The van der Waals surface area contributed by atoms with Crippen LogP contribution in [-0.2, 0) is 4.74 Å². The van der Waals surface area contributed by atoms with Crippen LogP contribution in [0.25, 0.3) is 10.8 Å². The Balaban J connectivity index is 1.93. The number of benzene rings is 2. The van der Waals surface area contributed by atoms with Crippen LogP contribution >= 0.6 is 11.3 Å². The number of hydrogen-bond acceptors (Lipinski definition) is 4. The summed E-state index contributed by atoms with van der Waals surface area (Å²) in [6.07, 6.45) is 1.85. The fourth-order valence-electron chi connectivity index (χ4n) is 2.42. The topological polar surface area (TPSA) is 34.1 Å². The zero-order chi connectivity index (χ0) is 14.5. The average molecular weight is 298 g/mol. The minimum atomic E-state index is 0.116. The van der Waals surface area contributed by atoms with Gasteiger partial charge in [0.05, 0.1) is 12.6 Å². The van der Waals surface area contributed by atoms with Crippen molar-refractivity contribution in [3.8, 4) is 0 Å². The van der Waals surface area contributed by atoms with Crippen molar-refractivity contribution in [1.29, 1.82) is 0 Å². The number of nitrogens with one attached hydrogen (secondary N) is 1. The molecule has 0 radical (unpaired) electrons. The van der Waals surface area contributed by atoms with Crippen LogP contribution in [0.1, 0.15) is 16.6 Å². The molecule has 1 heterocycles. The number of thiazole rings is 1. The summed E-state index contributed by atoms with van der Waals surface area (Å²) in [6.45, 7) is 1.49. The van der Waals surface area contributed by atoms with Gasteiger partial charge in [-0.1, -0.05) is 36.4 Å². The maximum atomic E-state index is 5.14. The van der Waals surface area contributed by atoms with E-state index >= 15 is 0 Å². The SMILES string of the molecule is COCCNC(c1ccc2ccccc2c1)c1nccs1. The zero-order valence-electron chi connectivity index (χ0n) is 12.0. The van der Waals surface area contributed by atoms with Crippen LogP contribution in [0.4, 0.5) is 0 Å². The first-order chi connectivity index (χ1) is 10.4. The molecule has 0 saturated carbocycles. The molecule has 3 rings (SSSR count). The first kappa shape index (κ1) is 14.2. The highest BCUT2D eigenvalue weighted by molar-refractivity contribution is 7.09. The maximum absolute atomic E-state index is 5.14. The molecule has 1 aromatic heterocycles. The van der Waals surface area contributed by atoms with Crippen LogP contribution in [0, 0.1) is 0 Å². The summed E-state index contributed by atoms with van der Waals surface area (Å²) in [5.74, 6) is 0. The lowest BCUT2D eigenvalue weighted by Gasteiger charge is -2.17. The molecular formula is C17H18N2OS.